The molecule has 0 saturated heterocycles. The Kier molecular flexibility index (Phi) is 4.27. The zero-order valence-electron chi connectivity index (χ0n) is 12.2. The molecule has 1 unspecified atom stereocenters. The lowest BCUT2D eigenvalue weighted by molar-refractivity contribution is 0.211. The molecule has 1 aromatic carbocycles. The summed E-state index contributed by atoms with van der Waals surface area (Å²) >= 11 is 5.60. The molecule has 0 saturated carbocycles. The topological polar surface area (TPSA) is 62.5 Å². The number of nitrogens with zero attached hydrogens (tertiary/aromatic N) is 3. The highest BCUT2D eigenvalue weighted by atomic mass is 35.5. The van der Waals surface area contributed by atoms with Crippen LogP contribution in [0.1, 0.15) is 5.69 Å². The predicted molar refractivity (Wildman–Crippen MR) is 88.4 cm³/mol. The SMILES string of the molecule is Cc1cc2nccc(-c3cccc(NCC(O)CCl)c3)n2n1. The number of aliphatic hydroxyl groups is 1. The molecule has 0 spiro atoms. The van der Waals surface area contributed by atoms with E-state index in [1.165, 1.54) is 0 Å². The Morgan fingerprint density at radius 2 is 2.18 bits per heavy atom. The van der Waals surface area contributed by atoms with E-state index in [1.54, 1.807) is 6.20 Å². The van der Waals surface area contributed by atoms with Crippen LogP contribution in [0.3, 0.4) is 0 Å². The highest BCUT2D eigenvalue weighted by molar-refractivity contribution is 6.18. The molecule has 0 aliphatic rings. The summed E-state index contributed by atoms with van der Waals surface area (Å²) in [6.45, 7) is 2.36. The summed E-state index contributed by atoms with van der Waals surface area (Å²) in [4.78, 5) is 4.32. The van der Waals surface area contributed by atoms with Gasteiger partial charge in [0.05, 0.1) is 23.4 Å². The van der Waals surface area contributed by atoms with Gasteiger partial charge in [0.1, 0.15) is 0 Å². The lowest BCUT2D eigenvalue weighted by Gasteiger charge is -2.11. The van der Waals surface area contributed by atoms with Crippen molar-refractivity contribution in [2.75, 3.05) is 17.7 Å². The quantitative estimate of drug-likeness (QED) is 0.710. The zero-order chi connectivity index (χ0) is 15.5. The number of anilines is 1. The molecule has 2 N–H and O–H groups in total. The van der Waals surface area contributed by atoms with Gasteiger partial charge in [0, 0.05) is 30.1 Å². The van der Waals surface area contributed by atoms with Gasteiger partial charge in [-0.05, 0) is 25.1 Å². The first kappa shape index (κ1) is 14.8. The second-order valence-corrected chi connectivity index (χ2v) is 5.46. The fourth-order valence-electron chi connectivity index (χ4n) is 2.31. The third-order valence-electron chi connectivity index (χ3n) is 3.36. The molecular weight excluding hydrogens is 300 g/mol. The average Bonchev–Trinajstić information content (AvgIpc) is 2.92. The molecule has 6 heteroatoms. The summed E-state index contributed by atoms with van der Waals surface area (Å²) in [5.74, 6) is 0.213. The Bertz CT molecular complexity index is 787. The summed E-state index contributed by atoms with van der Waals surface area (Å²) in [5, 5.41) is 17.2. The van der Waals surface area contributed by atoms with Crippen LogP contribution in [0.15, 0.2) is 42.6 Å². The van der Waals surface area contributed by atoms with E-state index in [-0.39, 0.29) is 5.88 Å². The number of rotatable bonds is 5. The number of hydrogen-bond acceptors (Lipinski definition) is 4. The van der Waals surface area contributed by atoms with Gasteiger partial charge < -0.3 is 10.4 Å². The van der Waals surface area contributed by atoms with Gasteiger partial charge in [-0.15, -0.1) is 11.6 Å². The molecule has 0 amide bonds. The van der Waals surface area contributed by atoms with Crippen LogP contribution >= 0.6 is 11.6 Å². The van der Waals surface area contributed by atoms with Crippen molar-refractivity contribution in [3.63, 3.8) is 0 Å². The molecule has 114 valence electrons. The fraction of sp³-hybridized carbons (Fsp3) is 0.250. The van der Waals surface area contributed by atoms with Crippen LogP contribution in [-0.2, 0) is 0 Å². The smallest absolute Gasteiger partial charge is 0.155 e. The van der Waals surface area contributed by atoms with Crippen molar-refractivity contribution in [1.29, 1.82) is 0 Å². The molecule has 0 aliphatic heterocycles. The molecule has 0 bridgehead atoms. The second-order valence-electron chi connectivity index (χ2n) is 5.16. The van der Waals surface area contributed by atoms with Crippen LogP contribution in [0.25, 0.3) is 16.9 Å². The number of aromatic nitrogens is 3. The Morgan fingerprint density at radius 3 is 3.00 bits per heavy atom. The maximum Gasteiger partial charge on any atom is 0.155 e. The summed E-state index contributed by atoms with van der Waals surface area (Å²) in [6, 6.07) is 11.8. The third kappa shape index (κ3) is 3.05. The maximum absolute atomic E-state index is 9.53. The van der Waals surface area contributed by atoms with E-state index in [9.17, 15) is 5.11 Å². The molecule has 1 atom stereocenters. The van der Waals surface area contributed by atoms with E-state index >= 15 is 0 Å². The summed E-state index contributed by atoms with van der Waals surface area (Å²) < 4.78 is 1.84. The monoisotopic (exact) mass is 316 g/mol. The maximum atomic E-state index is 9.53. The number of aliphatic hydroxyl groups excluding tert-OH is 1. The summed E-state index contributed by atoms with van der Waals surface area (Å²) in [5.41, 5.74) is 4.68. The second kappa shape index (κ2) is 6.34. The van der Waals surface area contributed by atoms with Gasteiger partial charge in [-0.3, -0.25) is 0 Å². The van der Waals surface area contributed by atoms with E-state index in [0.717, 1.165) is 28.3 Å². The van der Waals surface area contributed by atoms with Gasteiger partial charge in [-0.2, -0.15) is 5.10 Å². The average molecular weight is 317 g/mol. The minimum Gasteiger partial charge on any atom is -0.390 e. The number of aryl methyl sites for hydroxylation is 1. The van der Waals surface area contributed by atoms with Crippen LogP contribution in [-0.4, -0.2) is 38.2 Å². The van der Waals surface area contributed by atoms with Crippen molar-refractivity contribution in [1.82, 2.24) is 14.6 Å². The van der Waals surface area contributed by atoms with Crippen LogP contribution in [0.4, 0.5) is 5.69 Å². The van der Waals surface area contributed by atoms with Crippen molar-refractivity contribution in [3.8, 4) is 11.3 Å². The zero-order valence-corrected chi connectivity index (χ0v) is 13.0. The Labute approximate surface area is 133 Å². The van der Waals surface area contributed by atoms with Gasteiger partial charge >= 0.3 is 0 Å². The Balaban J connectivity index is 1.93. The van der Waals surface area contributed by atoms with Crippen LogP contribution in [0, 0.1) is 6.92 Å². The van der Waals surface area contributed by atoms with Gasteiger partial charge in [-0.1, -0.05) is 12.1 Å². The summed E-state index contributed by atoms with van der Waals surface area (Å²) in [6.07, 6.45) is 1.22. The molecule has 3 rings (SSSR count). The molecule has 2 heterocycles. The first-order valence-corrected chi connectivity index (χ1v) is 7.60. The van der Waals surface area contributed by atoms with E-state index in [0.29, 0.717) is 6.54 Å². The highest BCUT2D eigenvalue weighted by Crippen LogP contribution is 2.23. The normalized spacial score (nSPS) is 12.5. The highest BCUT2D eigenvalue weighted by Gasteiger charge is 2.08. The lowest BCUT2D eigenvalue weighted by atomic mass is 10.1. The van der Waals surface area contributed by atoms with Crippen molar-refractivity contribution < 1.29 is 5.11 Å². The van der Waals surface area contributed by atoms with Gasteiger partial charge in [0.25, 0.3) is 0 Å². The number of fused-ring (bicyclic) bond motifs is 1. The van der Waals surface area contributed by atoms with Gasteiger partial charge in [0.2, 0.25) is 0 Å². The van der Waals surface area contributed by atoms with Crippen LogP contribution in [0.2, 0.25) is 0 Å². The molecule has 22 heavy (non-hydrogen) atoms. The fourth-order valence-corrected chi connectivity index (χ4v) is 2.42. The van der Waals surface area contributed by atoms with E-state index in [2.05, 4.69) is 15.4 Å². The molecular formula is C16H17ClN4O. The lowest BCUT2D eigenvalue weighted by Crippen LogP contribution is -2.20. The Hall–Kier alpha value is -2.11. The number of alkyl halides is 1. The number of halogens is 1. The molecule has 2 aromatic heterocycles. The van der Waals surface area contributed by atoms with E-state index in [4.69, 9.17) is 11.6 Å². The standard InChI is InChI=1S/C16H17ClN4O/c1-11-7-16-18-6-5-15(21(16)20-11)12-3-2-4-13(8-12)19-10-14(22)9-17/h2-8,14,19,22H,9-10H2,1H3. The first-order valence-electron chi connectivity index (χ1n) is 7.07. The van der Waals surface area contributed by atoms with Crippen molar-refractivity contribution >= 4 is 22.9 Å². The van der Waals surface area contributed by atoms with E-state index in [1.807, 2.05) is 47.8 Å². The van der Waals surface area contributed by atoms with Gasteiger partial charge in [-0.25, -0.2) is 9.50 Å². The van der Waals surface area contributed by atoms with Crippen molar-refractivity contribution in [3.05, 3.63) is 48.3 Å². The number of nitrogens with one attached hydrogen (secondary N) is 1. The van der Waals surface area contributed by atoms with Crippen molar-refractivity contribution in [2.45, 2.75) is 13.0 Å². The molecule has 5 nitrogen and oxygen atoms in total. The predicted octanol–water partition coefficient (Wildman–Crippen LogP) is 2.72. The van der Waals surface area contributed by atoms with E-state index < -0.39 is 6.10 Å². The molecule has 0 fully saturated rings. The summed E-state index contributed by atoms with van der Waals surface area (Å²) in [7, 11) is 0. The van der Waals surface area contributed by atoms with Gasteiger partial charge in [0.15, 0.2) is 5.65 Å². The van der Waals surface area contributed by atoms with Crippen LogP contribution in [0.5, 0.6) is 0 Å². The molecule has 0 aliphatic carbocycles. The first-order chi connectivity index (χ1) is 10.7. The minimum atomic E-state index is -0.563. The van der Waals surface area contributed by atoms with Crippen molar-refractivity contribution in [2.24, 2.45) is 0 Å². The Morgan fingerprint density at radius 1 is 1.32 bits per heavy atom. The number of hydrogen-bond donors (Lipinski definition) is 2. The number of benzene rings is 1. The minimum absolute atomic E-state index is 0.213. The molecule has 3 aromatic rings. The largest absolute Gasteiger partial charge is 0.390 e. The third-order valence-corrected chi connectivity index (χ3v) is 3.71. The molecule has 0 radical (unpaired) electrons. The van der Waals surface area contributed by atoms with Crippen LogP contribution < -0.4 is 5.32 Å².